The number of rotatable bonds is 4. The standard InChI is InChI=1S/C19H34N2O2/c1-2-20-11-8-17-3-4-18(15-20)21(17)12-7-16-5-9-19(10-6-16)22-13-14-23-19/h16-18H,2-15H2,1H3/t17-,18+/m1/s1. The minimum Gasteiger partial charge on any atom is -0.348 e. The Bertz CT molecular complexity index is 387. The average Bonchev–Trinajstić information content (AvgIpc) is 3.12. The highest BCUT2D eigenvalue weighted by atomic mass is 16.7. The zero-order valence-electron chi connectivity index (χ0n) is 14.8. The summed E-state index contributed by atoms with van der Waals surface area (Å²) in [6.45, 7) is 9.09. The van der Waals surface area contributed by atoms with E-state index in [1.165, 1.54) is 64.7 Å². The molecule has 4 aliphatic rings. The zero-order chi connectivity index (χ0) is 15.7. The Kier molecular flexibility index (Phi) is 4.96. The molecule has 0 aromatic rings. The minimum atomic E-state index is -0.181. The van der Waals surface area contributed by atoms with Crippen LogP contribution in [0.25, 0.3) is 0 Å². The van der Waals surface area contributed by atoms with Crippen molar-refractivity contribution in [1.82, 2.24) is 9.80 Å². The van der Waals surface area contributed by atoms with Crippen LogP contribution in [0.4, 0.5) is 0 Å². The van der Waals surface area contributed by atoms with Crippen LogP contribution in [0.3, 0.4) is 0 Å². The maximum Gasteiger partial charge on any atom is 0.168 e. The van der Waals surface area contributed by atoms with Gasteiger partial charge in [0.1, 0.15) is 0 Å². The molecule has 3 heterocycles. The molecule has 23 heavy (non-hydrogen) atoms. The van der Waals surface area contributed by atoms with Gasteiger partial charge in [0.15, 0.2) is 5.79 Å². The quantitative estimate of drug-likeness (QED) is 0.794. The summed E-state index contributed by atoms with van der Waals surface area (Å²) >= 11 is 0. The molecule has 0 aromatic heterocycles. The first-order chi connectivity index (χ1) is 11.3. The fraction of sp³-hybridized carbons (Fsp3) is 1.00. The van der Waals surface area contributed by atoms with E-state index in [2.05, 4.69) is 16.7 Å². The molecule has 0 amide bonds. The number of likely N-dealkylation sites (N-methyl/N-ethyl adjacent to an activating group) is 1. The van der Waals surface area contributed by atoms with E-state index in [9.17, 15) is 0 Å². The zero-order valence-corrected chi connectivity index (χ0v) is 14.8. The summed E-state index contributed by atoms with van der Waals surface area (Å²) in [4.78, 5) is 5.54. The lowest BCUT2D eigenvalue weighted by Crippen LogP contribution is -2.41. The Balaban J connectivity index is 1.26. The van der Waals surface area contributed by atoms with Crippen molar-refractivity contribution < 1.29 is 9.47 Å². The van der Waals surface area contributed by atoms with Gasteiger partial charge in [0, 0.05) is 31.5 Å². The van der Waals surface area contributed by atoms with Crippen LogP contribution < -0.4 is 0 Å². The molecule has 4 fully saturated rings. The van der Waals surface area contributed by atoms with E-state index in [-0.39, 0.29) is 5.79 Å². The monoisotopic (exact) mass is 322 g/mol. The Morgan fingerprint density at radius 3 is 2.43 bits per heavy atom. The van der Waals surface area contributed by atoms with Gasteiger partial charge in [-0.25, -0.2) is 0 Å². The Labute approximate surface area is 141 Å². The summed E-state index contributed by atoms with van der Waals surface area (Å²) in [5.74, 6) is 0.707. The molecule has 0 radical (unpaired) electrons. The second kappa shape index (κ2) is 6.99. The summed E-state index contributed by atoms with van der Waals surface area (Å²) < 4.78 is 11.7. The van der Waals surface area contributed by atoms with E-state index < -0.39 is 0 Å². The van der Waals surface area contributed by atoms with Gasteiger partial charge in [0.25, 0.3) is 0 Å². The molecule has 0 unspecified atom stereocenters. The molecule has 1 aliphatic carbocycles. The molecule has 1 spiro atoms. The molecule has 2 atom stereocenters. The summed E-state index contributed by atoms with van der Waals surface area (Å²) in [5.41, 5.74) is 0. The molecular formula is C19H34N2O2. The van der Waals surface area contributed by atoms with E-state index in [1.807, 2.05) is 0 Å². The van der Waals surface area contributed by atoms with Crippen LogP contribution in [-0.4, -0.2) is 67.1 Å². The fourth-order valence-corrected chi connectivity index (χ4v) is 5.42. The summed E-state index contributed by atoms with van der Waals surface area (Å²) in [7, 11) is 0. The van der Waals surface area contributed by atoms with E-state index >= 15 is 0 Å². The Hall–Kier alpha value is -0.160. The molecular weight excluding hydrogens is 288 g/mol. The molecule has 2 bridgehead atoms. The van der Waals surface area contributed by atoms with Crippen LogP contribution in [0.15, 0.2) is 0 Å². The van der Waals surface area contributed by atoms with Crippen molar-refractivity contribution in [2.45, 2.75) is 76.2 Å². The first-order valence-electron chi connectivity index (χ1n) is 10.0. The lowest BCUT2D eigenvalue weighted by Gasteiger charge is -2.36. The number of hydrogen-bond donors (Lipinski definition) is 0. The lowest BCUT2D eigenvalue weighted by molar-refractivity contribution is -0.182. The highest BCUT2D eigenvalue weighted by molar-refractivity contribution is 4.93. The number of hydrogen-bond acceptors (Lipinski definition) is 4. The van der Waals surface area contributed by atoms with E-state index in [1.54, 1.807) is 0 Å². The van der Waals surface area contributed by atoms with Crippen LogP contribution in [0, 0.1) is 5.92 Å². The van der Waals surface area contributed by atoms with Gasteiger partial charge in [-0.1, -0.05) is 6.92 Å². The van der Waals surface area contributed by atoms with Gasteiger partial charge in [-0.15, -0.1) is 0 Å². The van der Waals surface area contributed by atoms with Crippen LogP contribution in [0.2, 0.25) is 0 Å². The van der Waals surface area contributed by atoms with Gasteiger partial charge in [-0.05, 0) is 64.1 Å². The average molecular weight is 322 g/mol. The SMILES string of the molecule is CCN1CC[C@H]2CC[C@@H](C1)N2CCC1CCC2(CC1)OCCO2. The molecule has 132 valence electrons. The van der Waals surface area contributed by atoms with Crippen molar-refractivity contribution in [3.8, 4) is 0 Å². The molecule has 3 saturated heterocycles. The summed E-state index contributed by atoms with van der Waals surface area (Å²) in [5, 5.41) is 0. The number of ether oxygens (including phenoxy) is 2. The first kappa shape index (κ1) is 16.3. The second-order valence-corrected chi connectivity index (χ2v) is 8.14. The van der Waals surface area contributed by atoms with Gasteiger partial charge in [-0.2, -0.15) is 0 Å². The lowest BCUT2D eigenvalue weighted by atomic mass is 9.83. The molecule has 1 saturated carbocycles. The predicted octanol–water partition coefficient (Wildman–Crippen LogP) is 2.87. The molecule has 0 N–H and O–H groups in total. The topological polar surface area (TPSA) is 24.9 Å². The Morgan fingerprint density at radius 2 is 1.70 bits per heavy atom. The first-order valence-corrected chi connectivity index (χ1v) is 10.0. The van der Waals surface area contributed by atoms with Crippen LogP contribution in [0.1, 0.15) is 58.3 Å². The van der Waals surface area contributed by atoms with Crippen LogP contribution >= 0.6 is 0 Å². The fourth-order valence-electron chi connectivity index (χ4n) is 5.42. The summed E-state index contributed by atoms with van der Waals surface area (Å²) in [6, 6.07) is 1.70. The largest absolute Gasteiger partial charge is 0.348 e. The van der Waals surface area contributed by atoms with Crippen molar-refractivity contribution in [2.24, 2.45) is 5.92 Å². The van der Waals surface area contributed by atoms with Crippen molar-refractivity contribution in [3.05, 3.63) is 0 Å². The molecule has 4 nitrogen and oxygen atoms in total. The van der Waals surface area contributed by atoms with Crippen LogP contribution in [-0.2, 0) is 9.47 Å². The van der Waals surface area contributed by atoms with Gasteiger partial charge >= 0.3 is 0 Å². The maximum absolute atomic E-state index is 5.87. The third-order valence-electron chi connectivity index (χ3n) is 6.94. The van der Waals surface area contributed by atoms with Crippen molar-refractivity contribution in [2.75, 3.05) is 39.4 Å². The van der Waals surface area contributed by atoms with Gasteiger partial charge in [0.2, 0.25) is 0 Å². The molecule has 4 heteroatoms. The highest BCUT2D eigenvalue weighted by Crippen LogP contribution is 2.40. The van der Waals surface area contributed by atoms with E-state index in [0.717, 1.165) is 44.1 Å². The number of fused-ring (bicyclic) bond motifs is 2. The Morgan fingerprint density at radius 1 is 0.957 bits per heavy atom. The number of likely N-dealkylation sites (tertiary alicyclic amines) is 1. The predicted molar refractivity (Wildman–Crippen MR) is 91.5 cm³/mol. The van der Waals surface area contributed by atoms with Crippen molar-refractivity contribution >= 4 is 0 Å². The normalized spacial score (nSPS) is 35.9. The molecule has 3 aliphatic heterocycles. The smallest absolute Gasteiger partial charge is 0.168 e. The molecule has 0 aromatic carbocycles. The van der Waals surface area contributed by atoms with Gasteiger partial charge in [0.05, 0.1) is 13.2 Å². The number of nitrogens with zero attached hydrogens (tertiary/aromatic N) is 2. The van der Waals surface area contributed by atoms with Crippen molar-refractivity contribution in [1.29, 1.82) is 0 Å². The van der Waals surface area contributed by atoms with Crippen LogP contribution in [0.5, 0.6) is 0 Å². The minimum absolute atomic E-state index is 0.181. The van der Waals surface area contributed by atoms with E-state index in [0.29, 0.717) is 0 Å². The van der Waals surface area contributed by atoms with Gasteiger partial charge in [-0.3, -0.25) is 4.90 Å². The second-order valence-electron chi connectivity index (χ2n) is 8.14. The van der Waals surface area contributed by atoms with E-state index in [4.69, 9.17) is 9.47 Å². The third kappa shape index (κ3) is 3.46. The summed E-state index contributed by atoms with van der Waals surface area (Å²) in [6.07, 6.45) is 10.5. The third-order valence-corrected chi connectivity index (χ3v) is 6.94. The highest BCUT2D eigenvalue weighted by Gasteiger charge is 2.41. The van der Waals surface area contributed by atoms with Crippen molar-refractivity contribution in [3.63, 3.8) is 0 Å². The van der Waals surface area contributed by atoms with Gasteiger partial charge < -0.3 is 14.4 Å². The maximum atomic E-state index is 5.87. The molecule has 4 rings (SSSR count).